The SMILES string of the molecule is CC(C)C(C)NC(=O)C1CSCN1C(=O)Cc1ccc(-n2cccc2)cc1. The van der Waals surface area contributed by atoms with E-state index >= 15 is 0 Å². The minimum atomic E-state index is -0.372. The number of benzene rings is 1. The van der Waals surface area contributed by atoms with Crippen LogP contribution in [0.3, 0.4) is 0 Å². The summed E-state index contributed by atoms with van der Waals surface area (Å²) in [7, 11) is 0. The Hall–Kier alpha value is -2.21. The van der Waals surface area contributed by atoms with Gasteiger partial charge in [-0.15, -0.1) is 11.8 Å². The van der Waals surface area contributed by atoms with E-state index in [0.717, 1.165) is 11.3 Å². The number of rotatable bonds is 6. The zero-order valence-electron chi connectivity index (χ0n) is 16.1. The van der Waals surface area contributed by atoms with E-state index in [1.807, 2.05) is 60.3 Å². The van der Waals surface area contributed by atoms with Crippen LogP contribution in [-0.4, -0.2) is 45.0 Å². The van der Waals surface area contributed by atoms with Gasteiger partial charge < -0.3 is 14.8 Å². The molecule has 0 aliphatic carbocycles. The van der Waals surface area contributed by atoms with Crippen molar-refractivity contribution in [2.45, 2.75) is 39.3 Å². The zero-order chi connectivity index (χ0) is 19.4. The Morgan fingerprint density at radius 1 is 1.15 bits per heavy atom. The van der Waals surface area contributed by atoms with Crippen LogP contribution in [0.1, 0.15) is 26.3 Å². The molecule has 0 bridgehead atoms. The average Bonchev–Trinajstić information content (AvgIpc) is 3.34. The Bertz CT molecular complexity index is 771. The van der Waals surface area contributed by atoms with Gasteiger partial charge in [0.25, 0.3) is 0 Å². The number of nitrogens with one attached hydrogen (secondary N) is 1. The predicted octanol–water partition coefficient (Wildman–Crippen LogP) is 3.08. The van der Waals surface area contributed by atoms with E-state index in [4.69, 9.17) is 0 Å². The fourth-order valence-corrected chi connectivity index (χ4v) is 4.14. The van der Waals surface area contributed by atoms with Gasteiger partial charge in [-0.2, -0.15) is 0 Å². The third kappa shape index (κ3) is 4.75. The standard InChI is InChI=1S/C21H27N3O2S/c1-15(2)16(3)22-21(26)19-13-27-14-24(19)20(25)12-17-6-8-18(9-7-17)23-10-4-5-11-23/h4-11,15-16,19H,12-14H2,1-3H3,(H,22,26). The molecule has 2 aromatic rings. The number of hydrogen-bond donors (Lipinski definition) is 1. The Labute approximate surface area is 165 Å². The molecule has 3 rings (SSSR count). The maximum atomic E-state index is 12.8. The topological polar surface area (TPSA) is 54.3 Å². The normalized spacial score (nSPS) is 17.9. The lowest BCUT2D eigenvalue weighted by atomic mass is 10.1. The lowest BCUT2D eigenvalue weighted by Gasteiger charge is -2.26. The summed E-state index contributed by atoms with van der Waals surface area (Å²) in [6, 6.07) is 11.7. The number of aromatic nitrogens is 1. The molecule has 1 aromatic heterocycles. The molecule has 1 aromatic carbocycles. The summed E-state index contributed by atoms with van der Waals surface area (Å²) in [5.41, 5.74) is 2.02. The second-order valence-corrected chi connectivity index (χ2v) is 8.35. The van der Waals surface area contributed by atoms with E-state index in [2.05, 4.69) is 19.2 Å². The van der Waals surface area contributed by atoms with Crippen LogP contribution in [-0.2, 0) is 16.0 Å². The molecule has 6 heteroatoms. The van der Waals surface area contributed by atoms with E-state index in [1.54, 1.807) is 16.7 Å². The first-order valence-corrected chi connectivity index (χ1v) is 10.5. The van der Waals surface area contributed by atoms with Crippen LogP contribution >= 0.6 is 11.8 Å². The Morgan fingerprint density at radius 3 is 2.44 bits per heavy atom. The summed E-state index contributed by atoms with van der Waals surface area (Å²) in [5, 5.41) is 3.04. The zero-order valence-corrected chi connectivity index (χ0v) is 16.9. The molecular weight excluding hydrogens is 358 g/mol. The smallest absolute Gasteiger partial charge is 0.243 e. The fourth-order valence-electron chi connectivity index (χ4n) is 2.96. The first-order chi connectivity index (χ1) is 13.0. The van der Waals surface area contributed by atoms with Crippen LogP contribution in [0.25, 0.3) is 5.69 Å². The molecule has 2 atom stereocenters. The Kier molecular flexibility index (Phi) is 6.26. The fraction of sp³-hybridized carbons (Fsp3) is 0.429. The van der Waals surface area contributed by atoms with Gasteiger partial charge in [0.15, 0.2) is 0 Å². The van der Waals surface area contributed by atoms with E-state index in [9.17, 15) is 9.59 Å². The number of nitrogens with zero attached hydrogens (tertiary/aromatic N) is 2. The lowest BCUT2D eigenvalue weighted by molar-refractivity contribution is -0.137. The molecule has 144 valence electrons. The summed E-state index contributed by atoms with van der Waals surface area (Å²) in [5.74, 6) is 1.57. The van der Waals surface area contributed by atoms with E-state index in [1.165, 1.54) is 0 Å². The second-order valence-electron chi connectivity index (χ2n) is 7.35. The van der Waals surface area contributed by atoms with Gasteiger partial charge in [-0.25, -0.2) is 0 Å². The molecule has 1 aliphatic rings. The van der Waals surface area contributed by atoms with Crippen molar-refractivity contribution in [3.05, 3.63) is 54.4 Å². The molecule has 27 heavy (non-hydrogen) atoms. The molecule has 1 N–H and O–H groups in total. The third-order valence-corrected chi connectivity index (χ3v) is 6.08. The van der Waals surface area contributed by atoms with Crippen LogP contribution in [0.15, 0.2) is 48.8 Å². The maximum absolute atomic E-state index is 12.8. The minimum Gasteiger partial charge on any atom is -0.352 e. The van der Waals surface area contributed by atoms with Crippen molar-refractivity contribution in [2.75, 3.05) is 11.6 Å². The first-order valence-electron chi connectivity index (χ1n) is 9.35. The second kappa shape index (κ2) is 8.65. The number of thioether (sulfide) groups is 1. The first kappa shape index (κ1) is 19.5. The average molecular weight is 386 g/mol. The molecule has 1 saturated heterocycles. The van der Waals surface area contributed by atoms with Crippen LogP contribution in [0.4, 0.5) is 0 Å². The van der Waals surface area contributed by atoms with Crippen molar-refractivity contribution in [3.63, 3.8) is 0 Å². The summed E-state index contributed by atoms with van der Waals surface area (Å²) < 4.78 is 2.03. The van der Waals surface area contributed by atoms with Gasteiger partial charge in [0.05, 0.1) is 12.3 Å². The molecule has 0 radical (unpaired) electrons. The molecule has 2 heterocycles. The summed E-state index contributed by atoms with van der Waals surface area (Å²) in [6.45, 7) is 6.16. The number of carbonyl (C=O) groups is 2. The van der Waals surface area contributed by atoms with Crippen molar-refractivity contribution in [1.29, 1.82) is 0 Å². The van der Waals surface area contributed by atoms with E-state index in [0.29, 0.717) is 24.0 Å². The highest BCUT2D eigenvalue weighted by Crippen LogP contribution is 2.23. The largest absolute Gasteiger partial charge is 0.352 e. The summed E-state index contributed by atoms with van der Waals surface area (Å²) in [4.78, 5) is 27.1. The molecule has 2 unspecified atom stereocenters. The van der Waals surface area contributed by atoms with Crippen molar-refractivity contribution in [3.8, 4) is 5.69 Å². The predicted molar refractivity (Wildman–Crippen MR) is 110 cm³/mol. The molecule has 0 saturated carbocycles. The van der Waals surface area contributed by atoms with Crippen LogP contribution in [0.2, 0.25) is 0 Å². The molecular formula is C21H27N3O2S. The molecule has 0 spiro atoms. The van der Waals surface area contributed by atoms with Crippen LogP contribution < -0.4 is 5.32 Å². The van der Waals surface area contributed by atoms with Crippen LogP contribution in [0, 0.1) is 5.92 Å². The quantitative estimate of drug-likeness (QED) is 0.831. The van der Waals surface area contributed by atoms with Gasteiger partial charge in [-0.1, -0.05) is 26.0 Å². The van der Waals surface area contributed by atoms with Gasteiger partial charge in [0, 0.05) is 29.9 Å². The number of hydrogen-bond acceptors (Lipinski definition) is 3. The monoisotopic (exact) mass is 385 g/mol. The Morgan fingerprint density at radius 2 is 1.81 bits per heavy atom. The van der Waals surface area contributed by atoms with Crippen molar-refractivity contribution in [2.24, 2.45) is 5.92 Å². The lowest BCUT2D eigenvalue weighted by Crippen LogP contribution is -2.50. The van der Waals surface area contributed by atoms with Crippen LogP contribution in [0.5, 0.6) is 0 Å². The van der Waals surface area contributed by atoms with Gasteiger partial charge in [-0.05, 0) is 42.7 Å². The highest BCUT2D eigenvalue weighted by molar-refractivity contribution is 7.99. The van der Waals surface area contributed by atoms with Gasteiger partial charge in [-0.3, -0.25) is 9.59 Å². The molecule has 5 nitrogen and oxygen atoms in total. The van der Waals surface area contributed by atoms with Crippen molar-refractivity contribution >= 4 is 23.6 Å². The molecule has 1 fully saturated rings. The summed E-state index contributed by atoms with van der Waals surface area (Å²) in [6.07, 6.45) is 4.29. The third-order valence-electron chi connectivity index (χ3n) is 5.07. The van der Waals surface area contributed by atoms with Crippen molar-refractivity contribution < 1.29 is 9.59 Å². The maximum Gasteiger partial charge on any atom is 0.243 e. The van der Waals surface area contributed by atoms with Gasteiger partial charge in [0.2, 0.25) is 11.8 Å². The number of carbonyl (C=O) groups excluding carboxylic acids is 2. The van der Waals surface area contributed by atoms with Crippen molar-refractivity contribution in [1.82, 2.24) is 14.8 Å². The van der Waals surface area contributed by atoms with Gasteiger partial charge in [0.1, 0.15) is 6.04 Å². The van der Waals surface area contributed by atoms with E-state index < -0.39 is 0 Å². The van der Waals surface area contributed by atoms with Gasteiger partial charge >= 0.3 is 0 Å². The Balaban J connectivity index is 1.62. The minimum absolute atomic E-state index is 0.00561. The molecule has 1 aliphatic heterocycles. The van der Waals surface area contributed by atoms with E-state index in [-0.39, 0.29) is 23.9 Å². The summed E-state index contributed by atoms with van der Waals surface area (Å²) >= 11 is 1.63. The number of amides is 2. The highest BCUT2D eigenvalue weighted by Gasteiger charge is 2.35. The highest BCUT2D eigenvalue weighted by atomic mass is 32.2. The molecule has 2 amide bonds.